The van der Waals surface area contributed by atoms with E-state index in [0.717, 1.165) is 3.79 Å². The Morgan fingerprint density at radius 2 is 2.33 bits per heavy atom. The zero-order valence-electron chi connectivity index (χ0n) is 8.30. The molecule has 0 spiro atoms. The van der Waals surface area contributed by atoms with Crippen LogP contribution >= 0.6 is 27.3 Å². The summed E-state index contributed by atoms with van der Waals surface area (Å²) >= 11 is 5.16. The molecule has 0 bridgehead atoms. The van der Waals surface area contributed by atoms with Gasteiger partial charge in [-0.2, -0.15) is 5.10 Å². The van der Waals surface area contributed by atoms with Crippen LogP contribution in [0.25, 0.3) is 0 Å². The zero-order valence-corrected chi connectivity index (χ0v) is 10.7. The van der Waals surface area contributed by atoms with Gasteiger partial charge in [-0.25, -0.2) is 0 Å². The highest BCUT2D eigenvalue weighted by atomic mass is 79.9. The van der Waals surface area contributed by atoms with E-state index in [1.165, 1.54) is 4.88 Å². The van der Waals surface area contributed by atoms with E-state index < -0.39 is 0 Å². The summed E-state index contributed by atoms with van der Waals surface area (Å²) in [5.74, 6) is 0. The third-order valence-corrected chi connectivity index (χ3v) is 3.89. The number of rotatable bonds is 3. The molecule has 0 saturated heterocycles. The lowest BCUT2D eigenvalue weighted by Crippen LogP contribution is -2.29. The van der Waals surface area contributed by atoms with E-state index in [1.54, 1.807) is 17.5 Å². The molecule has 2 aromatic rings. The van der Waals surface area contributed by atoms with Crippen molar-refractivity contribution < 1.29 is 0 Å². The van der Waals surface area contributed by atoms with Crippen LogP contribution in [-0.2, 0) is 0 Å². The van der Waals surface area contributed by atoms with Crippen LogP contribution < -0.4 is 5.73 Å². The normalized spacial score (nSPS) is 15.1. The zero-order chi connectivity index (χ0) is 10.8. The van der Waals surface area contributed by atoms with Gasteiger partial charge in [-0.05, 0) is 41.1 Å². The van der Waals surface area contributed by atoms with Gasteiger partial charge in [0.2, 0.25) is 0 Å². The fourth-order valence-electron chi connectivity index (χ4n) is 1.56. The second kappa shape index (κ2) is 4.47. The molecule has 0 saturated carbocycles. The molecule has 2 unspecified atom stereocenters. The van der Waals surface area contributed by atoms with Gasteiger partial charge in [0.1, 0.15) is 6.04 Å². The predicted molar refractivity (Wildman–Crippen MR) is 66.0 cm³/mol. The predicted octanol–water partition coefficient (Wildman–Crippen LogP) is 2.64. The maximum Gasteiger partial charge on any atom is 0.101 e. The van der Waals surface area contributed by atoms with Gasteiger partial charge in [0.25, 0.3) is 0 Å². The lowest BCUT2D eigenvalue weighted by Gasteiger charge is -2.19. The van der Waals surface area contributed by atoms with E-state index >= 15 is 0 Å². The van der Waals surface area contributed by atoms with Gasteiger partial charge in [-0.1, -0.05) is 0 Å². The van der Waals surface area contributed by atoms with Crippen molar-refractivity contribution in [3.63, 3.8) is 0 Å². The Hall–Kier alpha value is -0.650. The summed E-state index contributed by atoms with van der Waals surface area (Å²) in [5, 5.41) is 4.25. The summed E-state index contributed by atoms with van der Waals surface area (Å²) in [6.07, 6.45) is 3.72. The molecule has 0 fully saturated rings. The molecule has 2 heterocycles. The van der Waals surface area contributed by atoms with Crippen LogP contribution in [0.1, 0.15) is 17.8 Å². The third kappa shape index (κ3) is 2.30. The standard InChI is InChI=1S/C10H12BrN3S/c1-7(12)10(14-6-2-5-13-14)8-3-4-9(11)15-8/h2-7,10H,12H2,1H3. The highest BCUT2D eigenvalue weighted by molar-refractivity contribution is 9.11. The summed E-state index contributed by atoms with van der Waals surface area (Å²) < 4.78 is 3.03. The minimum absolute atomic E-state index is 0.0375. The number of thiophene rings is 1. The van der Waals surface area contributed by atoms with E-state index in [4.69, 9.17) is 5.73 Å². The van der Waals surface area contributed by atoms with Crippen LogP contribution in [0.15, 0.2) is 34.4 Å². The van der Waals surface area contributed by atoms with Crippen LogP contribution in [0.5, 0.6) is 0 Å². The SMILES string of the molecule is CC(N)C(c1ccc(Br)s1)n1cccn1. The first-order valence-corrected chi connectivity index (χ1v) is 6.29. The molecule has 2 rings (SSSR count). The fourth-order valence-corrected chi connectivity index (χ4v) is 3.20. The Balaban J connectivity index is 2.36. The van der Waals surface area contributed by atoms with Crippen molar-refractivity contribution in [2.45, 2.75) is 19.0 Å². The molecule has 15 heavy (non-hydrogen) atoms. The summed E-state index contributed by atoms with van der Waals surface area (Å²) in [5.41, 5.74) is 6.00. The Morgan fingerprint density at radius 1 is 1.53 bits per heavy atom. The van der Waals surface area contributed by atoms with Crippen LogP contribution in [0.2, 0.25) is 0 Å². The smallest absolute Gasteiger partial charge is 0.101 e. The molecule has 0 aromatic carbocycles. The first-order chi connectivity index (χ1) is 7.18. The average molecular weight is 286 g/mol. The van der Waals surface area contributed by atoms with Gasteiger partial charge in [0.15, 0.2) is 0 Å². The molecule has 0 amide bonds. The van der Waals surface area contributed by atoms with Gasteiger partial charge in [-0.3, -0.25) is 4.68 Å². The van der Waals surface area contributed by atoms with Crippen LogP contribution in [-0.4, -0.2) is 15.8 Å². The molecule has 0 aliphatic heterocycles. The van der Waals surface area contributed by atoms with E-state index in [2.05, 4.69) is 27.1 Å². The maximum atomic E-state index is 6.00. The van der Waals surface area contributed by atoms with Crippen LogP contribution in [0.4, 0.5) is 0 Å². The lowest BCUT2D eigenvalue weighted by molar-refractivity contribution is 0.460. The van der Waals surface area contributed by atoms with Crippen molar-refractivity contribution in [3.05, 3.63) is 39.3 Å². The van der Waals surface area contributed by atoms with Crippen LogP contribution in [0, 0.1) is 0 Å². The monoisotopic (exact) mass is 285 g/mol. The van der Waals surface area contributed by atoms with E-state index in [9.17, 15) is 0 Å². The van der Waals surface area contributed by atoms with Gasteiger partial charge < -0.3 is 5.73 Å². The van der Waals surface area contributed by atoms with Gasteiger partial charge >= 0.3 is 0 Å². The molecule has 0 aliphatic rings. The minimum Gasteiger partial charge on any atom is -0.326 e. The van der Waals surface area contributed by atoms with Crippen LogP contribution in [0.3, 0.4) is 0 Å². The van der Waals surface area contributed by atoms with Crippen molar-refractivity contribution >= 4 is 27.3 Å². The average Bonchev–Trinajstić information content (AvgIpc) is 2.77. The Bertz CT molecular complexity index is 422. The number of hydrogen-bond donors (Lipinski definition) is 1. The largest absolute Gasteiger partial charge is 0.326 e. The summed E-state index contributed by atoms with van der Waals surface area (Å²) in [6, 6.07) is 6.20. The molecule has 3 nitrogen and oxygen atoms in total. The highest BCUT2D eigenvalue weighted by Gasteiger charge is 2.20. The first-order valence-electron chi connectivity index (χ1n) is 4.68. The Labute approximate surface area is 101 Å². The molecular formula is C10H12BrN3S. The van der Waals surface area contributed by atoms with E-state index in [1.807, 2.05) is 29.9 Å². The molecule has 2 aromatic heterocycles. The second-order valence-corrected chi connectivity index (χ2v) is 5.93. The van der Waals surface area contributed by atoms with Gasteiger partial charge in [0, 0.05) is 23.3 Å². The second-order valence-electron chi connectivity index (χ2n) is 3.43. The maximum absolute atomic E-state index is 6.00. The van der Waals surface area contributed by atoms with Gasteiger partial charge in [-0.15, -0.1) is 11.3 Å². The van der Waals surface area contributed by atoms with E-state index in [0.29, 0.717) is 0 Å². The summed E-state index contributed by atoms with van der Waals surface area (Å²) in [7, 11) is 0. The van der Waals surface area contributed by atoms with Gasteiger partial charge in [0.05, 0.1) is 3.79 Å². The number of nitrogens with zero attached hydrogens (tertiary/aromatic N) is 2. The number of halogens is 1. The van der Waals surface area contributed by atoms with Crippen molar-refractivity contribution in [2.75, 3.05) is 0 Å². The lowest BCUT2D eigenvalue weighted by atomic mass is 10.1. The number of aromatic nitrogens is 2. The van der Waals surface area contributed by atoms with E-state index in [-0.39, 0.29) is 12.1 Å². The summed E-state index contributed by atoms with van der Waals surface area (Å²) in [6.45, 7) is 2.00. The van der Waals surface area contributed by atoms with Crippen molar-refractivity contribution in [3.8, 4) is 0 Å². The molecule has 0 radical (unpaired) electrons. The topological polar surface area (TPSA) is 43.8 Å². The van der Waals surface area contributed by atoms with Crippen molar-refractivity contribution in [2.24, 2.45) is 5.73 Å². The fraction of sp³-hybridized carbons (Fsp3) is 0.300. The molecular weight excluding hydrogens is 274 g/mol. The number of hydrogen-bond acceptors (Lipinski definition) is 3. The Morgan fingerprint density at radius 3 is 2.80 bits per heavy atom. The molecule has 2 atom stereocenters. The molecule has 0 aliphatic carbocycles. The molecule has 5 heteroatoms. The van der Waals surface area contributed by atoms with Crippen molar-refractivity contribution in [1.82, 2.24) is 9.78 Å². The van der Waals surface area contributed by atoms with Crippen molar-refractivity contribution in [1.29, 1.82) is 0 Å². The Kier molecular flexibility index (Phi) is 3.23. The first kappa shape index (κ1) is 10.9. The third-order valence-electron chi connectivity index (χ3n) is 2.19. The number of nitrogens with two attached hydrogens (primary N) is 1. The highest BCUT2D eigenvalue weighted by Crippen LogP contribution is 2.30. The minimum atomic E-state index is 0.0375. The quantitative estimate of drug-likeness (QED) is 0.942. The molecule has 2 N–H and O–H groups in total. The molecule has 80 valence electrons. The summed E-state index contributed by atoms with van der Waals surface area (Å²) in [4.78, 5) is 1.22.